The number of rotatable bonds is 2. The minimum absolute atomic E-state index is 0.00257. The fraction of sp³-hybridized carbons (Fsp3) is 0.0588. The van der Waals surface area contributed by atoms with Crippen molar-refractivity contribution in [3.05, 3.63) is 68.9 Å². The number of nitrogens with one attached hydrogen (secondary N) is 1. The van der Waals surface area contributed by atoms with Gasteiger partial charge in [-0.1, -0.05) is 29.8 Å². The van der Waals surface area contributed by atoms with Crippen molar-refractivity contribution in [1.82, 2.24) is 14.6 Å². The van der Waals surface area contributed by atoms with E-state index in [-0.39, 0.29) is 5.65 Å². The summed E-state index contributed by atoms with van der Waals surface area (Å²) in [5.74, 6) is 0. The predicted octanol–water partition coefficient (Wildman–Crippen LogP) is 5.09. The van der Waals surface area contributed by atoms with E-state index in [1.165, 1.54) is 11.3 Å². The lowest BCUT2D eigenvalue weighted by molar-refractivity contribution is -0.141. The highest BCUT2D eigenvalue weighted by molar-refractivity contribution is 7.13. The summed E-state index contributed by atoms with van der Waals surface area (Å²) in [6.45, 7) is 0. The summed E-state index contributed by atoms with van der Waals surface area (Å²) in [4.78, 5) is 15.2. The number of aromatic amines is 1. The zero-order valence-electron chi connectivity index (χ0n) is 12.8. The summed E-state index contributed by atoms with van der Waals surface area (Å²) in [7, 11) is 0. The molecule has 4 aromatic rings. The third-order valence-electron chi connectivity index (χ3n) is 3.81. The number of halogens is 4. The Balaban J connectivity index is 2.09. The van der Waals surface area contributed by atoms with Crippen LogP contribution < -0.4 is 5.56 Å². The van der Waals surface area contributed by atoms with Crippen LogP contribution in [0, 0.1) is 0 Å². The Morgan fingerprint density at radius 2 is 1.88 bits per heavy atom. The Hall–Kier alpha value is -2.58. The van der Waals surface area contributed by atoms with E-state index in [1.54, 1.807) is 41.8 Å². The minimum Gasteiger partial charge on any atom is -0.335 e. The van der Waals surface area contributed by atoms with Crippen LogP contribution >= 0.6 is 22.9 Å². The Morgan fingerprint density at radius 1 is 1.15 bits per heavy atom. The number of nitrogens with zero attached hydrogens (tertiary/aromatic N) is 2. The summed E-state index contributed by atoms with van der Waals surface area (Å²) in [6.07, 6.45) is -4.67. The van der Waals surface area contributed by atoms with Gasteiger partial charge in [0.15, 0.2) is 0 Å². The lowest BCUT2D eigenvalue weighted by atomic mass is 10.1. The predicted molar refractivity (Wildman–Crippen MR) is 94.6 cm³/mol. The second kappa shape index (κ2) is 6.00. The van der Waals surface area contributed by atoms with Gasteiger partial charge in [0.1, 0.15) is 17.0 Å². The van der Waals surface area contributed by atoms with Crippen molar-refractivity contribution in [2.24, 2.45) is 0 Å². The number of aromatic nitrogens is 3. The Kier molecular flexibility index (Phi) is 3.89. The van der Waals surface area contributed by atoms with E-state index in [4.69, 9.17) is 11.6 Å². The molecule has 0 aliphatic rings. The van der Waals surface area contributed by atoms with Gasteiger partial charge in [-0.15, -0.1) is 11.3 Å². The monoisotopic (exact) mass is 395 g/mol. The number of alkyl halides is 3. The third-order valence-corrected chi connectivity index (χ3v) is 4.95. The van der Waals surface area contributed by atoms with Gasteiger partial charge in [0.2, 0.25) is 0 Å². The van der Waals surface area contributed by atoms with Crippen molar-refractivity contribution in [2.75, 3.05) is 0 Å². The lowest BCUT2D eigenvalue weighted by Crippen LogP contribution is -2.19. The van der Waals surface area contributed by atoms with E-state index in [1.807, 2.05) is 0 Å². The summed E-state index contributed by atoms with van der Waals surface area (Å²) in [5.41, 5.74) is -0.498. The number of benzene rings is 1. The molecule has 0 bridgehead atoms. The van der Waals surface area contributed by atoms with Crippen molar-refractivity contribution < 1.29 is 13.2 Å². The Labute approximate surface area is 153 Å². The number of fused-ring (bicyclic) bond motifs is 1. The highest BCUT2D eigenvalue weighted by Crippen LogP contribution is 2.37. The molecule has 1 N–H and O–H groups in total. The molecule has 132 valence electrons. The quantitative estimate of drug-likeness (QED) is 0.514. The van der Waals surface area contributed by atoms with E-state index >= 15 is 0 Å². The van der Waals surface area contributed by atoms with Crippen LogP contribution in [0.1, 0.15) is 5.69 Å². The highest BCUT2D eigenvalue weighted by Gasteiger charge is 2.33. The molecule has 0 amide bonds. The molecule has 26 heavy (non-hydrogen) atoms. The second-order valence-electron chi connectivity index (χ2n) is 5.49. The number of H-pyrrole nitrogens is 1. The maximum Gasteiger partial charge on any atom is 0.431 e. The Bertz CT molecular complexity index is 1150. The first-order chi connectivity index (χ1) is 12.3. The molecule has 0 saturated heterocycles. The average molecular weight is 396 g/mol. The van der Waals surface area contributed by atoms with Gasteiger partial charge in [-0.05, 0) is 23.6 Å². The molecule has 0 aliphatic heterocycles. The molecular formula is C17H9ClF3N3OS. The zero-order valence-corrected chi connectivity index (χ0v) is 14.4. The van der Waals surface area contributed by atoms with Crippen LogP contribution in [0.3, 0.4) is 0 Å². The van der Waals surface area contributed by atoms with Gasteiger partial charge in [-0.25, -0.2) is 0 Å². The van der Waals surface area contributed by atoms with E-state index in [9.17, 15) is 18.0 Å². The van der Waals surface area contributed by atoms with Crippen LogP contribution in [0.15, 0.2) is 52.6 Å². The van der Waals surface area contributed by atoms with E-state index in [0.29, 0.717) is 32.8 Å². The first kappa shape index (κ1) is 16.9. The topological polar surface area (TPSA) is 50.2 Å². The van der Waals surface area contributed by atoms with Gasteiger partial charge in [-0.3, -0.25) is 4.79 Å². The lowest BCUT2D eigenvalue weighted by Gasteiger charge is -2.07. The molecule has 3 heterocycles. The molecular weight excluding hydrogens is 387 g/mol. The molecule has 4 rings (SSSR count). The average Bonchev–Trinajstić information content (AvgIpc) is 3.21. The van der Waals surface area contributed by atoms with E-state index < -0.39 is 17.4 Å². The van der Waals surface area contributed by atoms with E-state index in [0.717, 1.165) is 4.52 Å². The van der Waals surface area contributed by atoms with Gasteiger partial charge >= 0.3 is 6.18 Å². The molecule has 0 fully saturated rings. The summed E-state index contributed by atoms with van der Waals surface area (Å²) in [5, 5.41) is 6.58. The standard InChI is InChI=1S/C17H9ClF3N3OS/c18-10-5-3-9(4-6-10)15-14(11-2-1-7-26-11)16-22-12(17(19,20)21)8-13(25)24(16)23-15/h1-8,22H. The molecule has 1 aromatic carbocycles. The molecule has 4 nitrogen and oxygen atoms in total. The maximum absolute atomic E-state index is 13.1. The number of hydrogen-bond acceptors (Lipinski definition) is 3. The van der Waals surface area contributed by atoms with Crippen LogP contribution in [-0.4, -0.2) is 14.6 Å². The molecule has 3 aromatic heterocycles. The largest absolute Gasteiger partial charge is 0.431 e. The van der Waals surface area contributed by atoms with Crippen molar-refractivity contribution >= 4 is 28.6 Å². The van der Waals surface area contributed by atoms with Crippen molar-refractivity contribution in [1.29, 1.82) is 0 Å². The normalized spacial score (nSPS) is 12.0. The van der Waals surface area contributed by atoms with Crippen LogP contribution in [0.5, 0.6) is 0 Å². The molecule has 0 radical (unpaired) electrons. The summed E-state index contributed by atoms with van der Waals surface area (Å²) < 4.78 is 40.3. The van der Waals surface area contributed by atoms with Gasteiger partial charge in [0.25, 0.3) is 5.56 Å². The molecule has 9 heteroatoms. The highest BCUT2D eigenvalue weighted by atomic mass is 35.5. The zero-order chi connectivity index (χ0) is 18.5. The number of thiophene rings is 1. The first-order valence-electron chi connectivity index (χ1n) is 7.37. The summed E-state index contributed by atoms with van der Waals surface area (Å²) in [6, 6.07) is 10.8. The van der Waals surface area contributed by atoms with Crippen molar-refractivity contribution in [3.63, 3.8) is 0 Å². The van der Waals surface area contributed by atoms with Crippen molar-refractivity contribution in [2.45, 2.75) is 6.18 Å². The molecule has 0 unspecified atom stereocenters. The fourth-order valence-electron chi connectivity index (χ4n) is 2.66. The van der Waals surface area contributed by atoms with Gasteiger partial charge in [-0.2, -0.15) is 22.8 Å². The smallest absolute Gasteiger partial charge is 0.335 e. The number of hydrogen-bond donors (Lipinski definition) is 1. The van der Waals surface area contributed by atoms with Gasteiger partial charge in [0.05, 0.1) is 5.56 Å². The molecule has 0 spiro atoms. The third kappa shape index (κ3) is 2.81. The summed E-state index contributed by atoms with van der Waals surface area (Å²) >= 11 is 7.25. The van der Waals surface area contributed by atoms with E-state index in [2.05, 4.69) is 10.1 Å². The maximum atomic E-state index is 13.1. The first-order valence-corrected chi connectivity index (χ1v) is 8.63. The Morgan fingerprint density at radius 3 is 2.50 bits per heavy atom. The second-order valence-corrected chi connectivity index (χ2v) is 6.87. The van der Waals surface area contributed by atoms with Crippen LogP contribution in [0.2, 0.25) is 5.02 Å². The van der Waals surface area contributed by atoms with Crippen molar-refractivity contribution in [3.8, 4) is 21.7 Å². The molecule has 0 aliphatic carbocycles. The molecule has 0 saturated carbocycles. The minimum atomic E-state index is -4.67. The van der Waals surface area contributed by atoms with Gasteiger partial charge < -0.3 is 4.98 Å². The fourth-order valence-corrected chi connectivity index (χ4v) is 3.56. The van der Waals surface area contributed by atoms with Crippen LogP contribution in [0.25, 0.3) is 27.3 Å². The molecule has 0 atom stereocenters. The van der Waals surface area contributed by atoms with Crippen LogP contribution in [0.4, 0.5) is 13.2 Å². The van der Waals surface area contributed by atoms with Crippen LogP contribution in [-0.2, 0) is 6.18 Å². The van der Waals surface area contributed by atoms with Gasteiger partial charge in [0, 0.05) is 21.5 Å². The SMILES string of the molecule is O=c1cc(C(F)(F)F)[nH]c2c(-c3cccs3)c(-c3ccc(Cl)cc3)nn12.